The molecule has 1 aliphatic heterocycles. The van der Waals surface area contributed by atoms with Gasteiger partial charge in [0.15, 0.2) is 0 Å². The molecular weight excluding hydrogens is 244 g/mol. The van der Waals surface area contributed by atoms with Crippen LogP contribution in [0.4, 0.5) is 5.95 Å². The number of anilines is 1. The Morgan fingerprint density at radius 3 is 2.26 bits per heavy atom. The van der Waals surface area contributed by atoms with Gasteiger partial charge in [-0.25, -0.2) is 0 Å². The van der Waals surface area contributed by atoms with Crippen LogP contribution in [-0.2, 0) is 0 Å². The molecule has 2 N–H and O–H groups in total. The van der Waals surface area contributed by atoms with Crippen LogP contribution in [0.15, 0.2) is 6.07 Å². The Morgan fingerprint density at radius 1 is 1.21 bits per heavy atom. The van der Waals surface area contributed by atoms with Crippen molar-refractivity contribution in [2.45, 2.75) is 19.3 Å². The molecule has 1 aromatic heterocycles. The molecule has 1 aromatic rings. The molecule has 0 atom stereocenters. The maximum Gasteiger partial charge on any atom is 0.231 e. The fraction of sp³-hybridized carbons (Fsp3) is 0.692. The van der Waals surface area contributed by atoms with E-state index in [0.717, 1.165) is 44.8 Å². The minimum atomic E-state index is 0.533. The van der Waals surface area contributed by atoms with Gasteiger partial charge >= 0.3 is 0 Å². The van der Waals surface area contributed by atoms with Gasteiger partial charge in [-0.2, -0.15) is 9.97 Å². The third kappa shape index (κ3) is 3.47. The molecule has 0 aliphatic carbocycles. The van der Waals surface area contributed by atoms with Gasteiger partial charge in [0.2, 0.25) is 17.7 Å². The highest BCUT2D eigenvalue weighted by atomic mass is 16.5. The summed E-state index contributed by atoms with van der Waals surface area (Å²) in [6.45, 7) is 2.69. The number of hydrogen-bond donors (Lipinski definition) is 1. The molecule has 0 radical (unpaired) electrons. The molecule has 2 heterocycles. The summed E-state index contributed by atoms with van der Waals surface area (Å²) in [5.41, 5.74) is 5.61. The first kappa shape index (κ1) is 13.9. The van der Waals surface area contributed by atoms with Gasteiger partial charge in [0.1, 0.15) is 0 Å². The van der Waals surface area contributed by atoms with E-state index in [1.165, 1.54) is 0 Å². The summed E-state index contributed by atoms with van der Waals surface area (Å²) in [6, 6.07) is 1.69. The number of rotatable bonds is 5. The average Bonchev–Trinajstić information content (AvgIpc) is 2.47. The molecular formula is C13H22N4O2. The predicted octanol–water partition coefficient (Wildman–Crippen LogP) is 1.06. The monoisotopic (exact) mass is 266 g/mol. The molecule has 0 aromatic carbocycles. The van der Waals surface area contributed by atoms with Crippen LogP contribution in [0.3, 0.4) is 0 Å². The zero-order valence-electron chi connectivity index (χ0n) is 11.6. The van der Waals surface area contributed by atoms with Crippen LogP contribution < -0.4 is 20.1 Å². The Hall–Kier alpha value is -1.56. The second kappa shape index (κ2) is 6.56. The third-order valence-electron chi connectivity index (χ3n) is 3.56. The van der Waals surface area contributed by atoms with Crippen molar-refractivity contribution < 1.29 is 9.47 Å². The van der Waals surface area contributed by atoms with Crippen molar-refractivity contribution >= 4 is 5.95 Å². The third-order valence-corrected chi connectivity index (χ3v) is 3.56. The highest BCUT2D eigenvalue weighted by molar-refractivity contribution is 5.37. The molecule has 0 bridgehead atoms. The van der Waals surface area contributed by atoms with Crippen molar-refractivity contribution in [2.24, 2.45) is 11.7 Å². The SMILES string of the molecule is COc1cc(OC)nc(N2CCC(CCN)CC2)n1. The molecule has 0 saturated carbocycles. The topological polar surface area (TPSA) is 73.5 Å². The molecule has 6 nitrogen and oxygen atoms in total. The van der Waals surface area contributed by atoms with Crippen molar-refractivity contribution in [3.63, 3.8) is 0 Å². The van der Waals surface area contributed by atoms with Gasteiger partial charge < -0.3 is 20.1 Å². The number of hydrogen-bond acceptors (Lipinski definition) is 6. The summed E-state index contributed by atoms with van der Waals surface area (Å²) in [6.07, 6.45) is 3.39. The van der Waals surface area contributed by atoms with E-state index >= 15 is 0 Å². The second-order valence-electron chi connectivity index (χ2n) is 4.76. The van der Waals surface area contributed by atoms with Gasteiger partial charge in [-0.1, -0.05) is 0 Å². The zero-order valence-corrected chi connectivity index (χ0v) is 11.6. The lowest BCUT2D eigenvalue weighted by Crippen LogP contribution is -2.35. The summed E-state index contributed by atoms with van der Waals surface area (Å²) in [7, 11) is 3.19. The van der Waals surface area contributed by atoms with Crippen LogP contribution in [0.5, 0.6) is 11.8 Å². The lowest BCUT2D eigenvalue weighted by molar-refractivity contribution is 0.362. The normalized spacial score (nSPS) is 16.5. The lowest BCUT2D eigenvalue weighted by atomic mass is 9.94. The Kier molecular flexibility index (Phi) is 4.79. The first-order valence-corrected chi connectivity index (χ1v) is 6.69. The number of nitrogens with two attached hydrogens (primary N) is 1. The molecule has 106 valence electrons. The molecule has 0 spiro atoms. The minimum absolute atomic E-state index is 0.533. The lowest BCUT2D eigenvalue weighted by Gasteiger charge is -2.31. The fourth-order valence-corrected chi connectivity index (χ4v) is 2.40. The molecule has 2 rings (SSSR count). The van der Waals surface area contributed by atoms with Crippen LogP contribution in [0.25, 0.3) is 0 Å². The molecule has 0 amide bonds. The first-order chi connectivity index (χ1) is 9.26. The summed E-state index contributed by atoms with van der Waals surface area (Å²) in [5, 5.41) is 0. The second-order valence-corrected chi connectivity index (χ2v) is 4.76. The Labute approximate surface area is 113 Å². The maximum absolute atomic E-state index is 5.61. The fourth-order valence-electron chi connectivity index (χ4n) is 2.40. The molecule has 19 heavy (non-hydrogen) atoms. The number of methoxy groups -OCH3 is 2. The van der Waals surface area contributed by atoms with Gasteiger partial charge in [0.05, 0.1) is 20.3 Å². The zero-order chi connectivity index (χ0) is 13.7. The average molecular weight is 266 g/mol. The first-order valence-electron chi connectivity index (χ1n) is 6.69. The smallest absolute Gasteiger partial charge is 0.231 e. The number of ether oxygens (including phenoxy) is 2. The van der Waals surface area contributed by atoms with Crippen molar-refractivity contribution in [1.82, 2.24) is 9.97 Å². The van der Waals surface area contributed by atoms with E-state index in [1.807, 2.05) is 0 Å². The van der Waals surface area contributed by atoms with Crippen molar-refractivity contribution in [1.29, 1.82) is 0 Å². The van der Waals surface area contributed by atoms with Gasteiger partial charge in [-0.05, 0) is 31.7 Å². The number of piperidine rings is 1. The highest BCUT2D eigenvalue weighted by Gasteiger charge is 2.21. The molecule has 1 aliphatic rings. The van der Waals surface area contributed by atoms with E-state index in [0.29, 0.717) is 17.7 Å². The van der Waals surface area contributed by atoms with Gasteiger partial charge in [0, 0.05) is 13.1 Å². The van der Waals surface area contributed by atoms with Gasteiger partial charge in [0.25, 0.3) is 0 Å². The van der Waals surface area contributed by atoms with E-state index < -0.39 is 0 Å². The predicted molar refractivity (Wildman–Crippen MR) is 73.7 cm³/mol. The minimum Gasteiger partial charge on any atom is -0.481 e. The van der Waals surface area contributed by atoms with E-state index in [-0.39, 0.29) is 0 Å². The van der Waals surface area contributed by atoms with Crippen LogP contribution in [0.2, 0.25) is 0 Å². The standard InChI is InChI=1S/C13H22N4O2/c1-18-11-9-12(19-2)16-13(15-11)17-7-4-10(3-6-14)5-8-17/h9-10H,3-8,14H2,1-2H3. The molecule has 1 fully saturated rings. The van der Waals surface area contributed by atoms with Crippen LogP contribution >= 0.6 is 0 Å². The van der Waals surface area contributed by atoms with Crippen molar-refractivity contribution in [2.75, 3.05) is 38.8 Å². The van der Waals surface area contributed by atoms with Crippen molar-refractivity contribution in [3.8, 4) is 11.8 Å². The van der Waals surface area contributed by atoms with Crippen LogP contribution in [0, 0.1) is 5.92 Å². The maximum atomic E-state index is 5.61. The van der Waals surface area contributed by atoms with Gasteiger partial charge in [-0.15, -0.1) is 0 Å². The quantitative estimate of drug-likeness (QED) is 0.859. The largest absolute Gasteiger partial charge is 0.481 e. The van der Waals surface area contributed by atoms with E-state index in [4.69, 9.17) is 15.2 Å². The van der Waals surface area contributed by atoms with E-state index in [2.05, 4.69) is 14.9 Å². The molecule has 0 unspecified atom stereocenters. The summed E-state index contributed by atoms with van der Waals surface area (Å²) in [5.74, 6) is 2.48. The Morgan fingerprint density at radius 2 is 1.79 bits per heavy atom. The number of aromatic nitrogens is 2. The van der Waals surface area contributed by atoms with Crippen LogP contribution in [-0.4, -0.2) is 43.8 Å². The molecule has 1 saturated heterocycles. The Balaban J connectivity index is 2.06. The highest BCUT2D eigenvalue weighted by Crippen LogP contribution is 2.25. The summed E-state index contributed by atoms with van der Waals surface area (Å²) < 4.78 is 10.3. The summed E-state index contributed by atoms with van der Waals surface area (Å²) in [4.78, 5) is 10.9. The van der Waals surface area contributed by atoms with E-state index in [9.17, 15) is 0 Å². The van der Waals surface area contributed by atoms with Gasteiger partial charge in [-0.3, -0.25) is 0 Å². The van der Waals surface area contributed by atoms with Crippen molar-refractivity contribution in [3.05, 3.63) is 6.07 Å². The summed E-state index contributed by atoms with van der Waals surface area (Å²) >= 11 is 0. The van der Waals surface area contributed by atoms with Crippen LogP contribution in [0.1, 0.15) is 19.3 Å². The van der Waals surface area contributed by atoms with E-state index in [1.54, 1.807) is 20.3 Å². The number of nitrogens with zero attached hydrogens (tertiary/aromatic N) is 3. The molecule has 6 heteroatoms. The Bertz CT molecular complexity index is 383.